The molecule has 0 unspecified atom stereocenters. The first-order chi connectivity index (χ1) is 15.0. The number of halogens is 1. The molecule has 8 heteroatoms. The molecule has 0 bridgehead atoms. The highest BCUT2D eigenvalue weighted by Gasteiger charge is 2.26. The lowest BCUT2D eigenvalue weighted by molar-refractivity contribution is -0.119. The first-order valence-corrected chi connectivity index (χ1v) is 10.4. The van der Waals surface area contributed by atoms with E-state index in [1.807, 2.05) is 47.1 Å². The normalized spacial score (nSPS) is 13.2. The van der Waals surface area contributed by atoms with Crippen molar-refractivity contribution in [1.29, 1.82) is 0 Å². The summed E-state index contributed by atoms with van der Waals surface area (Å²) in [6.07, 6.45) is 0.398. The van der Waals surface area contributed by atoms with Gasteiger partial charge in [0.1, 0.15) is 5.82 Å². The van der Waals surface area contributed by atoms with E-state index in [1.54, 1.807) is 24.1 Å². The number of rotatable bonds is 7. The minimum absolute atomic E-state index is 0.0523. The Kier molecular flexibility index (Phi) is 6.34. The van der Waals surface area contributed by atoms with Gasteiger partial charge in [0.15, 0.2) is 0 Å². The number of nitrogens with zero attached hydrogens (tertiary/aromatic N) is 3. The Balaban J connectivity index is 1.51. The van der Waals surface area contributed by atoms with Crippen LogP contribution in [0.2, 0.25) is 5.02 Å². The van der Waals surface area contributed by atoms with Crippen molar-refractivity contribution in [3.8, 4) is 11.3 Å². The fourth-order valence-corrected chi connectivity index (χ4v) is 3.62. The summed E-state index contributed by atoms with van der Waals surface area (Å²) in [4.78, 5) is 26.5. The third-order valence-corrected chi connectivity index (χ3v) is 5.41. The standard InChI is InChI=1S/C23H23ClN4O3/c1-31-13-11-25-23(30)18-4-2-16(3-5-18)15-27-21-14-20(17-6-8-19(24)9-7-17)26-28(21)12-10-22(27)29/h2-9,14H,10-13,15H2,1H3,(H,25,30). The molecule has 3 aromatic rings. The molecular formula is C23H23ClN4O3. The van der Waals surface area contributed by atoms with Gasteiger partial charge in [-0.2, -0.15) is 5.10 Å². The summed E-state index contributed by atoms with van der Waals surface area (Å²) in [5.41, 5.74) is 3.25. The molecule has 2 heterocycles. The first kappa shape index (κ1) is 21.1. The van der Waals surface area contributed by atoms with E-state index in [-0.39, 0.29) is 11.8 Å². The van der Waals surface area contributed by atoms with Gasteiger partial charge >= 0.3 is 0 Å². The van der Waals surface area contributed by atoms with Crippen molar-refractivity contribution in [1.82, 2.24) is 15.1 Å². The zero-order chi connectivity index (χ0) is 21.8. The molecule has 1 aromatic heterocycles. The van der Waals surface area contributed by atoms with Crippen molar-refractivity contribution in [2.24, 2.45) is 0 Å². The largest absolute Gasteiger partial charge is 0.383 e. The van der Waals surface area contributed by atoms with Gasteiger partial charge in [-0.3, -0.25) is 14.5 Å². The van der Waals surface area contributed by atoms with Gasteiger partial charge in [-0.05, 0) is 29.8 Å². The van der Waals surface area contributed by atoms with Crippen molar-refractivity contribution in [3.05, 3.63) is 70.7 Å². The Morgan fingerprint density at radius 1 is 1.16 bits per heavy atom. The summed E-state index contributed by atoms with van der Waals surface area (Å²) >= 11 is 5.99. The van der Waals surface area contributed by atoms with Gasteiger partial charge in [0.05, 0.1) is 25.4 Å². The number of nitrogens with one attached hydrogen (secondary N) is 1. The van der Waals surface area contributed by atoms with Gasteiger partial charge in [-0.15, -0.1) is 0 Å². The van der Waals surface area contributed by atoms with Crippen molar-refractivity contribution in [2.45, 2.75) is 19.5 Å². The van der Waals surface area contributed by atoms with Crippen LogP contribution in [0.4, 0.5) is 5.82 Å². The van der Waals surface area contributed by atoms with Gasteiger partial charge in [-0.25, -0.2) is 4.68 Å². The average molecular weight is 439 g/mol. The number of hydrogen-bond donors (Lipinski definition) is 1. The summed E-state index contributed by atoms with van der Waals surface area (Å²) in [7, 11) is 1.59. The molecule has 1 aliphatic heterocycles. The quantitative estimate of drug-likeness (QED) is 0.572. The van der Waals surface area contributed by atoms with Crippen LogP contribution in [0.5, 0.6) is 0 Å². The number of aromatic nitrogens is 2. The monoisotopic (exact) mass is 438 g/mol. The summed E-state index contributed by atoms with van der Waals surface area (Å²) in [5.74, 6) is 0.669. The predicted octanol–water partition coefficient (Wildman–Crippen LogP) is 3.52. The number of benzene rings is 2. The van der Waals surface area contributed by atoms with Gasteiger partial charge in [0.25, 0.3) is 5.91 Å². The number of carbonyl (C=O) groups is 2. The number of carbonyl (C=O) groups excluding carboxylic acids is 2. The van der Waals surface area contributed by atoms with E-state index in [1.165, 1.54) is 0 Å². The highest BCUT2D eigenvalue weighted by molar-refractivity contribution is 6.30. The molecule has 2 aromatic carbocycles. The molecule has 0 saturated heterocycles. The fraction of sp³-hybridized carbons (Fsp3) is 0.261. The van der Waals surface area contributed by atoms with Crippen molar-refractivity contribution in [2.75, 3.05) is 25.2 Å². The van der Waals surface area contributed by atoms with Crippen LogP contribution < -0.4 is 10.2 Å². The smallest absolute Gasteiger partial charge is 0.251 e. The van der Waals surface area contributed by atoms with Crippen molar-refractivity contribution in [3.63, 3.8) is 0 Å². The van der Waals surface area contributed by atoms with E-state index < -0.39 is 0 Å². The summed E-state index contributed by atoms with van der Waals surface area (Å²) in [6, 6.07) is 16.7. The van der Waals surface area contributed by atoms with Crippen LogP contribution in [-0.2, 0) is 22.6 Å². The lowest BCUT2D eigenvalue weighted by atomic mass is 10.1. The van der Waals surface area contributed by atoms with Crippen LogP contribution in [0.15, 0.2) is 54.6 Å². The summed E-state index contributed by atoms with van der Waals surface area (Å²) in [6.45, 7) is 1.89. The molecule has 160 valence electrons. The maximum atomic E-state index is 12.7. The van der Waals surface area contributed by atoms with Crippen LogP contribution in [-0.4, -0.2) is 41.9 Å². The molecule has 2 amide bonds. The maximum Gasteiger partial charge on any atom is 0.251 e. The van der Waals surface area contributed by atoms with E-state index in [9.17, 15) is 9.59 Å². The number of aryl methyl sites for hydroxylation is 1. The molecule has 7 nitrogen and oxygen atoms in total. The molecule has 0 aliphatic carbocycles. The number of hydrogen-bond acceptors (Lipinski definition) is 4. The zero-order valence-corrected chi connectivity index (χ0v) is 17.9. The Bertz CT molecular complexity index is 1080. The lowest BCUT2D eigenvalue weighted by Gasteiger charge is -2.27. The Morgan fingerprint density at radius 3 is 2.61 bits per heavy atom. The van der Waals surface area contributed by atoms with Gasteiger partial charge in [-0.1, -0.05) is 35.9 Å². The molecular weight excluding hydrogens is 416 g/mol. The maximum absolute atomic E-state index is 12.7. The van der Waals surface area contributed by atoms with Gasteiger partial charge in [0.2, 0.25) is 5.91 Å². The number of fused-ring (bicyclic) bond motifs is 1. The van der Waals surface area contributed by atoms with E-state index in [0.717, 1.165) is 22.6 Å². The predicted molar refractivity (Wildman–Crippen MR) is 119 cm³/mol. The topological polar surface area (TPSA) is 76.5 Å². The van der Waals surface area contributed by atoms with E-state index in [4.69, 9.17) is 16.3 Å². The minimum Gasteiger partial charge on any atom is -0.383 e. The molecule has 0 spiro atoms. The fourth-order valence-electron chi connectivity index (χ4n) is 3.50. The van der Waals surface area contributed by atoms with E-state index >= 15 is 0 Å². The Hall–Kier alpha value is -3.16. The number of amides is 2. The van der Waals surface area contributed by atoms with Crippen molar-refractivity contribution < 1.29 is 14.3 Å². The second-order valence-electron chi connectivity index (χ2n) is 7.29. The molecule has 1 N–H and O–H groups in total. The Morgan fingerprint density at radius 2 is 1.90 bits per heavy atom. The molecule has 4 rings (SSSR count). The second kappa shape index (κ2) is 9.32. The van der Waals surface area contributed by atoms with Crippen LogP contribution >= 0.6 is 11.6 Å². The molecule has 0 fully saturated rings. The summed E-state index contributed by atoms with van der Waals surface area (Å²) < 4.78 is 6.80. The molecule has 0 atom stereocenters. The second-order valence-corrected chi connectivity index (χ2v) is 7.73. The number of methoxy groups -OCH3 is 1. The highest BCUT2D eigenvalue weighted by Crippen LogP contribution is 2.29. The molecule has 0 saturated carbocycles. The average Bonchev–Trinajstić information content (AvgIpc) is 3.21. The van der Waals surface area contributed by atoms with E-state index in [0.29, 0.717) is 43.2 Å². The third-order valence-electron chi connectivity index (χ3n) is 5.16. The third kappa shape index (κ3) is 4.78. The highest BCUT2D eigenvalue weighted by atomic mass is 35.5. The van der Waals surface area contributed by atoms with E-state index in [2.05, 4.69) is 10.4 Å². The lowest BCUT2D eigenvalue weighted by Crippen LogP contribution is -2.36. The molecule has 0 radical (unpaired) electrons. The molecule has 31 heavy (non-hydrogen) atoms. The Labute approximate surface area is 185 Å². The van der Waals surface area contributed by atoms with Crippen molar-refractivity contribution >= 4 is 29.2 Å². The minimum atomic E-state index is -0.150. The zero-order valence-electron chi connectivity index (χ0n) is 17.2. The molecule has 1 aliphatic rings. The van der Waals surface area contributed by atoms with Crippen LogP contribution in [0.25, 0.3) is 11.3 Å². The number of ether oxygens (including phenoxy) is 1. The van der Waals surface area contributed by atoms with Crippen LogP contribution in [0, 0.1) is 0 Å². The van der Waals surface area contributed by atoms with Crippen LogP contribution in [0.1, 0.15) is 22.3 Å². The SMILES string of the molecule is COCCNC(=O)c1ccc(CN2C(=O)CCn3nc(-c4ccc(Cl)cc4)cc32)cc1. The van der Waals surface area contributed by atoms with Gasteiger partial charge in [0, 0.05) is 42.3 Å². The number of anilines is 1. The summed E-state index contributed by atoms with van der Waals surface area (Å²) in [5, 5.41) is 8.13. The first-order valence-electron chi connectivity index (χ1n) is 10.1. The van der Waals surface area contributed by atoms with Gasteiger partial charge < -0.3 is 10.1 Å². The van der Waals surface area contributed by atoms with Crippen LogP contribution in [0.3, 0.4) is 0 Å².